The van der Waals surface area contributed by atoms with E-state index in [9.17, 15) is 4.79 Å². The molecule has 0 aliphatic rings. The van der Waals surface area contributed by atoms with Crippen LogP contribution in [0.1, 0.15) is 28.8 Å². The van der Waals surface area contributed by atoms with Gasteiger partial charge in [-0.25, -0.2) is 4.98 Å². The van der Waals surface area contributed by atoms with E-state index in [1.54, 1.807) is 11.3 Å². The van der Waals surface area contributed by atoms with Crippen LogP contribution in [0.25, 0.3) is 0 Å². The third-order valence-electron chi connectivity index (χ3n) is 2.67. The fourth-order valence-electron chi connectivity index (χ4n) is 1.87. The highest BCUT2D eigenvalue weighted by Gasteiger charge is 2.08. The minimum absolute atomic E-state index is 0.213. The minimum atomic E-state index is -0.213. The molecule has 1 aromatic carbocycles. The number of carbonyl (C=O) groups is 1. The third-order valence-corrected chi connectivity index (χ3v) is 3.57. The Kier molecular flexibility index (Phi) is 4.68. The van der Waals surface area contributed by atoms with Crippen LogP contribution in [0.3, 0.4) is 0 Å². The van der Waals surface area contributed by atoms with Gasteiger partial charge in [-0.2, -0.15) is 0 Å². The smallest absolute Gasteiger partial charge is 0.311 e. The molecule has 0 fully saturated rings. The number of carbonyl (C=O) groups excluding carboxylic acids is 1. The summed E-state index contributed by atoms with van der Waals surface area (Å²) >= 11 is 1.59. The van der Waals surface area contributed by atoms with Crippen LogP contribution in [0.15, 0.2) is 29.6 Å². The summed E-state index contributed by atoms with van der Waals surface area (Å²) in [6.45, 7) is 4.30. The van der Waals surface area contributed by atoms with E-state index in [4.69, 9.17) is 4.74 Å². The van der Waals surface area contributed by atoms with Crippen LogP contribution in [-0.2, 0) is 22.4 Å². The largest absolute Gasteiger partial charge is 0.466 e. The van der Waals surface area contributed by atoms with Crippen molar-refractivity contribution in [1.29, 1.82) is 0 Å². The van der Waals surface area contributed by atoms with Crippen LogP contribution < -0.4 is 0 Å². The number of thiazole rings is 1. The van der Waals surface area contributed by atoms with Gasteiger partial charge in [0.05, 0.1) is 23.7 Å². The normalized spacial score (nSPS) is 10.4. The standard InChI is InChI=1S/C15H17NO2S/c1-3-18-15(17)9-13-10-19-14(16-13)8-12-6-4-5-11(2)7-12/h4-7,10H,3,8-9H2,1-2H3. The molecule has 4 heteroatoms. The zero-order valence-electron chi connectivity index (χ0n) is 11.2. The summed E-state index contributed by atoms with van der Waals surface area (Å²) in [5, 5.41) is 2.96. The zero-order chi connectivity index (χ0) is 13.7. The Morgan fingerprint density at radius 3 is 3.00 bits per heavy atom. The first-order chi connectivity index (χ1) is 9.17. The van der Waals surface area contributed by atoms with Gasteiger partial charge in [-0.15, -0.1) is 11.3 Å². The van der Waals surface area contributed by atoms with E-state index >= 15 is 0 Å². The predicted molar refractivity (Wildman–Crippen MR) is 76.4 cm³/mol. The van der Waals surface area contributed by atoms with Gasteiger partial charge in [0.15, 0.2) is 0 Å². The van der Waals surface area contributed by atoms with Crippen molar-refractivity contribution in [3.05, 3.63) is 51.5 Å². The highest BCUT2D eigenvalue weighted by atomic mass is 32.1. The molecule has 0 aliphatic heterocycles. The number of esters is 1. The lowest BCUT2D eigenvalue weighted by molar-refractivity contribution is -0.142. The number of rotatable bonds is 5. The second-order valence-corrected chi connectivity index (χ2v) is 5.32. The van der Waals surface area contributed by atoms with E-state index in [1.165, 1.54) is 11.1 Å². The Bertz CT molecular complexity index is 563. The van der Waals surface area contributed by atoms with Crippen molar-refractivity contribution in [2.75, 3.05) is 6.61 Å². The fraction of sp³-hybridized carbons (Fsp3) is 0.333. The van der Waals surface area contributed by atoms with E-state index in [1.807, 2.05) is 12.3 Å². The maximum absolute atomic E-state index is 11.4. The van der Waals surface area contributed by atoms with Gasteiger partial charge in [-0.1, -0.05) is 29.8 Å². The molecule has 0 N–H and O–H groups in total. The van der Waals surface area contributed by atoms with Crippen LogP contribution in [-0.4, -0.2) is 17.6 Å². The molecule has 0 atom stereocenters. The fourth-order valence-corrected chi connectivity index (χ4v) is 2.70. The van der Waals surface area contributed by atoms with Gasteiger partial charge >= 0.3 is 5.97 Å². The minimum Gasteiger partial charge on any atom is -0.466 e. The second kappa shape index (κ2) is 6.48. The van der Waals surface area contributed by atoms with E-state index < -0.39 is 0 Å². The highest BCUT2D eigenvalue weighted by Crippen LogP contribution is 2.16. The van der Waals surface area contributed by atoms with Crippen molar-refractivity contribution in [2.24, 2.45) is 0 Å². The first-order valence-electron chi connectivity index (χ1n) is 6.32. The van der Waals surface area contributed by atoms with Crippen LogP contribution in [0.2, 0.25) is 0 Å². The monoisotopic (exact) mass is 275 g/mol. The lowest BCUT2D eigenvalue weighted by Gasteiger charge is -2.00. The molecule has 0 spiro atoms. The van der Waals surface area contributed by atoms with Gasteiger partial charge in [0.25, 0.3) is 0 Å². The Morgan fingerprint density at radius 1 is 1.42 bits per heavy atom. The van der Waals surface area contributed by atoms with Crippen LogP contribution in [0.4, 0.5) is 0 Å². The molecule has 1 aromatic heterocycles. The van der Waals surface area contributed by atoms with Gasteiger partial charge < -0.3 is 4.74 Å². The van der Waals surface area contributed by atoms with Crippen molar-refractivity contribution in [3.63, 3.8) is 0 Å². The summed E-state index contributed by atoms with van der Waals surface area (Å²) < 4.78 is 4.91. The van der Waals surface area contributed by atoms with Crippen LogP contribution in [0.5, 0.6) is 0 Å². The van der Waals surface area contributed by atoms with Crippen LogP contribution >= 0.6 is 11.3 Å². The molecule has 0 bridgehead atoms. The van der Waals surface area contributed by atoms with Crippen LogP contribution in [0, 0.1) is 6.92 Å². The SMILES string of the molecule is CCOC(=O)Cc1csc(Cc2cccc(C)c2)n1. The number of ether oxygens (including phenoxy) is 1. The summed E-state index contributed by atoms with van der Waals surface area (Å²) in [6.07, 6.45) is 1.08. The summed E-state index contributed by atoms with van der Waals surface area (Å²) in [5.74, 6) is -0.213. The number of nitrogens with zero attached hydrogens (tertiary/aromatic N) is 1. The summed E-state index contributed by atoms with van der Waals surface area (Å²) in [6, 6.07) is 8.39. The van der Waals surface area contributed by atoms with E-state index in [-0.39, 0.29) is 12.4 Å². The predicted octanol–water partition coefficient (Wildman–Crippen LogP) is 3.15. The molecule has 0 amide bonds. The van der Waals surface area contributed by atoms with Gasteiger partial charge in [0.1, 0.15) is 0 Å². The van der Waals surface area contributed by atoms with Gasteiger partial charge in [-0.3, -0.25) is 4.79 Å². The quantitative estimate of drug-likeness (QED) is 0.787. The topological polar surface area (TPSA) is 39.2 Å². The van der Waals surface area contributed by atoms with Crippen molar-refractivity contribution >= 4 is 17.3 Å². The van der Waals surface area contributed by atoms with Gasteiger partial charge in [-0.05, 0) is 19.4 Å². The summed E-state index contributed by atoms with van der Waals surface area (Å²) in [7, 11) is 0. The van der Waals surface area contributed by atoms with E-state index in [0.29, 0.717) is 6.61 Å². The Morgan fingerprint density at radius 2 is 2.26 bits per heavy atom. The number of aryl methyl sites for hydroxylation is 1. The molecule has 1 heterocycles. The van der Waals surface area contributed by atoms with E-state index in [2.05, 4.69) is 36.2 Å². The molecule has 0 unspecified atom stereocenters. The zero-order valence-corrected chi connectivity index (χ0v) is 12.0. The average Bonchev–Trinajstić information content (AvgIpc) is 2.76. The molecule has 2 rings (SSSR count). The Labute approximate surface area is 117 Å². The first-order valence-corrected chi connectivity index (χ1v) is 7.19. The molecule has 0 saturated carbocycles. The first kappa shape index (κ1) is 13.7. The summed E-state index contributed by atoms with van der Waals surface area (Å²) in [5.41, 5.74) is 3.30. The maximum Gasteiger partial charge on any atom is 0.311 e. The number of aromatic nitrogens is 1. The highest BCUT2D eigenvalue weighted by molar-refractivity contribution is 7.09. The maximum atomic E-state index is 11.4. The molecule has 19 heavy (non-hydrogen) atoms. The average molecular weight is 275 g/mol. The van der Waals surface area contributed by atoms with Crippen molar-refractivity contribution in [1.82, 2.24) is 4.98 Å². The second-order valence-electron chi connectivity index (χ2n) is 4.38. The molecule has 100 valence electrons. The Hall–Kier alpha value is -1.68. The summed E-state index contributed by atoms with van der Waals surface area (Å²) in [4.78, 5) is 15.8. The number of hydrogen-bond acceptors (Lipinski definition) is 4. The molecule has 0 saturated heterocycles. The lowest BCUT2D eigenvalue weighted by atomic mass is 10.1. The number of benzene rings is 1. The van der Waals surface area contributed by atoms with E-state index in [0.717, 1.165) is 17.1 Å². The lowest BCUT2D eigenvalue weighted by Crippen LogP contribution is -2.07. The third kappa shape index (κ3) is 4.17. The molecule has 0 radical (unpaired) electrons. The van der Waals surface area contributed by atoms with Crippen molar-refractivity contribution in [3.8, 4) is 0 Å². The number of hydrogen-bond donors (Lipinski definition) is 0. The molecule has 2 aromatic rings. The molecular formula is C15H17NO2S. The van der Waals surface area contributed by atoms with Crippen molar-refractivity contribution in [2.45, 2.75) is 26.7 Å². The molecular weight excluding hydrogens is 258 g/mol. The molecule has 0 aliphatic carbocycles. The van der Waals surface area contributed by atoms with Gasteiger partial charge in [0, 0.05) is 11.8 Å². The molecule has 3 nitrogen and oxygen atoms in total. The van der Waals surface area contributed by atoms with Gasteiger partial charge in [0.2, 0.25) is 0 Å². The van der Waals surface area contributed by atoms with Crippen molar-refractivity contribution < 1.29 is 9.53 Å². The Balaban J connectivity index is 1.99.